The fraction of sp³-hybridized carbons (Fsp3) is 0.800. The Morgan fingerprint density at radius 3 is 2.26 bits per heavy atom. The van der Waals surface area contributed by atoms with Crippen LogP contribution in [-0.2, 0) is 6.54 Å². The van der Waals surface area contributed by atoms with Gasteiger partial charge in [0.05, 0.1) is 5.69 Å². The van der Waals surface area contributed by atoms with E-state index in [1.54, 1.807) is 11.3 Å². The zero-order valence-electron chi connectivity index (χ0n) is 13.7. The first-order valence-corrected chi connectivity index (χ1v) is 7.83. The van der Waals surface area contributed by atoms with Crippen LogP contribution in [-0.4, -0.2) is 23.1 Å². The molecule has 0 aliphatic rings. The van der Waals surface area contributed by atoms with Gasteiger partial charge in [-0.05, 0) is 48.0 Å². The molecular weight excluding hydrogens is 254 g/mol. The molecule has 3 nitrogen and oxygen atoms in total. The number of hydrogen-bond donors (Lipinski definition) is 1. The van der Waals surface area contributed by atoms with Crippen molar-refractivity contribution >= 4 is 16.5 Å². The van der Waals surface area contributed by atoms with Crippen molar-refractivity contribution < 1.29 is 0 Å². The van der Waals surface area contributed by atoms with Crippen LogP contribution in [0, 0.1) is 6.92 Å². The van der Waals surface area contributed by atoms with Gasteiger partial charge in [0, 0.05) is 29.5 Å². The summed E-state index contributed by atoms with van der Waals surface area (Å²) in [4.78, 5) is 8.36. The lowest BCUT2D eigenvalue weighted by atomic mass is 10.0. The van der Waals surface area contributed by atoms with Crippen molar-refractivity contribution in [3.63, 3.8) is 0 Å². The number of thiazole rings is 1. The lowest BCUT2D eigenvalue weighted by Crippen LogP contribution is -2.40. The quantitative estimate of drug-likeness (QED) is 0.886. The van der Waals surface area contributed by atoms with E-state index in [9.17, 15) is 0 Å². The van der Waals surface area contributed by atoms with Crippen molar-refractivity contribution in [3.05, 3.63) is 10.6 Å². The molecule has 1 rings (SSSR count). The third-order valence-electron chi connectivity index (χ3n) is 3.72. The summed E-state index contributed by atoms with van der Waals surface area (Å²) in [5.74, 6) is 0. The van der Waals surface area contributed by atoms with E-state index < -0.39 is 0 Å². The summed E-state index contributed by atoms with van der Waals surface area (Å²) < 4.78 is 0. The van der Waals surface area contributed by atoms with Crippen LogP contribution in [0.15, 0.2) is 0 Å². The minimum absolute atomic E-state index is 0.144. The van der Waals surface area contributed by atoms with Gasteiger partial charge in [-0.15, -0.1) is 11.3 Å². The third-order valence-corrected chi connectivity index (χ3v) is 4.95. The highest BCUT2D eigenvalue weighted by Gasteiger charge is 2.24. The third kappa shape index (κ3) is 4.46. The Labute approximate surface area is 122 Å². The molecule has 4 heteroatoms. The Hall–Kier alpha value is -0.610. The molecule has 0 fully saturated rings. The highest BCUT2D eigenvalue weighted by Crippen LogP contribution is 2.31. The maximum Gasteiger partial charge on any atom is 0.185 e. The largest absolute Gasteiger partial charge is 0.346 e. The Morgan fingerprint density at radius 2 is 1.79 bits per heavy atom. The van der Waals surface area contributed by atoms with E-state index in [0.29, 0.717) is 0 Å². The molecule has 0 aromatic carbocycles. The van der Waals surface area contributed by atoms with E-state index in [0.717, 1.165) is 23.8 Å². The molecule has 1 aromatic rings. The van der Waals surface area contributed by atoms with E-state index in [4.69, 9.17) is 4.98 Å². The van der Waals surface area contributed by atoms with E-state index in [-0.39, 0.29) is 11.1 Å². The highest BCUT2D eigenvalue weighted by atomic mass is 32.1. The van der Waals surface area contributed by atoms with Crippen LogP contribution < -0.4 is 10.2 Å². The SMILES string of the molecule is CCC(C)(C)N(C)c1nc(C)c(CNC(C)(C)C)s1. The molecule has 0 radical (unpaired) electrons. The van der Waals surface area contributed by atoms with Gasteiger partial charge in [0.1, 0.15) is 0 Å². The van der Waals surface area contributed by atoms with Crippen molar-refractivity contribution in [1.82, 2.24) is 10.3 Å². The lowest BCUT2D eigenvalue weighted by molar-refractivity contribution is 0.425. The molecule has 0 amide bonds. The van der Waals surface area contributed by atoms with Crippen molar-refractivity contribution in [3.8, 4) is 0 Å². The molecule has 19 heavy (non-hydrogen) atoms. The van der Waals surface area contributed by atoms with Gasteiger partial charge in [0.15, 0.2) is 5.13 Å². The van der Waals surface area contributed by atoms with E-state index >= 15 is 0 Å². The standard InChI is InChI=1S/C15H29N3S/c1-9-15(6,7)18(8)13-17-11(2)12(19-13)10-16-14(3,4)5/h16H,9-10H2,1-8H3. The second-order valence-electron chi connectivity index (χ2n) is 6.83. The number of hydrogen-bond acceptors (Lipinski definition) is 4. The average molecular weight is 283 g/mol. The summed E-state index contributed by atoms with van der Waals surface area (Å²) in [6.07, 6.45) is 1.11. The monoisotopic (exact) mass is 283 g/mol. The summed E-state index contributed by atoms with van der Waals surface area (Å²) in [6.45, 7) is 16.3. The van der Waals surface area contributed by atoms with Crippen LogP contribution >= 0.6 is 11.3 Å². The Balaban J connectivity index is 2.85. The molecule has 0 saturated carbocycles. The molecule has 1 heterocycles. The van der Waals surface area contributed by atoms with Gasteiger partial charge in [-0.1, -0.05) is 6.92 Å². The summed E-state index contributed by atoms with van der Waals surface area (Å²) in [5.41, 5.74) is 1.44. The smallest absolute Gasteiger partial charge is 0.185 e. The second-order valence-corrected chi connectivity index (χ2v) is 7.90. The molecule has 0 saturated heterocycles. The zero-order valence-corrected chi connectivity index (χ0v) is 14.5. The molecule has 0 atom stereocenters. The molecule has 0 bridgehead atoms. The molecule has 0 spiro atoms. The summed E-state index contributed by atoms with van der Waals surface area (Å²) >= 11 is 1.80. The average Bonchev–Trinajstić information content (AvgIpc) is 2.66. The summed E-state index contributed by atoms with van der Waals surface area (Å²) in [5, 5.41) is 4.66. The molecule has 1 N–H and O–H groups in total. The molecule has 0 unspecified atom stereocenters. The highest BCUT2D eigenvalue weighted by molar-refractivity contribution is 7.15. The van der Waals surface area contributed by atoms with Crippen LogP contribution in [0.25, 0.3) is 0 Å². The zero-order chi connectivity index (χ0) is 14.8. The molecule has 0 aliphatic carbocycles. The second kappa shape index (κ2) is 5.80. The fourth-order valence-corrected chi connectivity index (χ4v) is 2.69. The first-order chi connectivity index (χ1) is 8.57. The predicted molar refractivity (Wildman–Crippen MR) is 86.2 cm³/mol. The molecular formula is C15H29N3S. The van der Waals surface area contributed by atoms with E-state index in [1.807, 2.05) is 0 Å². The maximum atomic E-state index is 4.73. The first-order valence-electron chi connectivity index (χ1n) is 7.02. The molecule has 110 valence electrons. The number of aryl methyl sites for hydroxylation is 1. The summed E-state index contributed by atoms with van der Waals surface area (Å²) in [6, 6.07) is 0. The van der Waals surface area contributed by atoms with Gasteiger partial charge in [-0.2, -0.15) is 0 Å². The summed E-state index contributed by atoms with van der Waals surface area (Å²) in [7, 11) is 2.14. The number of anilines is 1. The molecule has 1 aromatic heterocycles. The molecule has 0 aliphatic heterocycles. The minimum atomic E-state index is 0.144. The van der Waals surface area contributed by atoms with Crippen molar-refractivity contribution in [2.45, 2.75) is 72.5 Å². The van der Waals surface area contributed by atoms with Crippen molar-refractivity contribution in [2.75, 3.05) is 11.9 Å². The van der Waals surface area contributed by atoms with Crippen LogP contribution in [0.2, 0.25) is 0 Å². The van der Waals surface area contributed by atoms with Crippen molar-refractivity contribution in [1.29, 1.82) is 0 Å². The fourth-order valence-electron chi connectivity index (χ4n) is 1.56. The normalized spacial score (nSPS) is 12.8. The van der Waals surface area contributed by atoms with E-state index in [2.05, 4.69) is 65.7 Å². The van der Waals surface area contributed by atoms with Gasteiger partial charge in [0.25, 0.3) is 0 Å². The first kappa shape index (κ1) is 16.4. The van der Waals surface area contributed by atoms with Crippen LogP contribution in [0.1, 0.15) is 58.5 Å². The van der Waals surface area contributed by atoms with Crippen LogP contribution in [0.5, 0.6) is 0 Å². The van der Waals surface area contributed by atoms with Crippen LogP contribution in [0.3, 0.4) is 0 Å². The number of nitrogens with zero attached hydrogens (tertiary/aromatic N) is 2. The Bertz CT molecular complexity index is 416. The number of aromatic nitrogens is 1. The number of nitrogens with one attached hydrogen (secondary N) is 1. The van der Waals surface area contributed by atoms with Gasteiger partial charge in [-0.25, -0.2) is 4.98 Å². The predicted octanol–water partition coefficient (Wildman–Crippen LogP) is 3.96. The van der Waals surface area contributed by atoms with E-state index in [1.165, 1.54) is 4.88 Å². The van der Waals surface area contributed by atoms with Crippen LogP contribution in [0.4, 0.5) is 5.13 Å². The Kier molecular flexibility index (Phi) is 5.02. The van der Waals surface area contributed by atoms with Gasteiger partial charge in [0.2, 0.25) is 0 Å². The lowest BCUT2D eigenvalue weighted by Gasteiger charge is -2.34. The van der Waals surface area contributed by atoms with Gasteiger partial charge < -0.3 is 10.2 Å². The topological polar surface area (TPSA) is 28.2 Å². The van der Waals surface area contributed by atoms with Gasteiger partial charge in [-0.3, -0.25) is 0 Å². The Morgan fingerprint density at radius 1 is 1.21 bits per heavy atom. The number of rotatable bonds is 5. The van der Waals surface area contributed by atoms with Gasteiger partial charge >= 0.3 is 0 Å². The minimum Gasteiger partial charge on any atom is -0.346 e. The van der Waals surface area contributed by atoms with Crippen molar-refractivity contribution in [2.24, 2.45) is 0 Å². The maximum absolute atomic E-state index is 4.73.